The Morgan fingerprint density at radius 3 is 2.62 bits per heavy atom. The first-order chi connectivity index (χ1) is 7.65. The number of halogens is 1. The molecule has 2 aromatic rings. The molecule has 2 rings (SSSR count). The van der Waals surface area contributed by atoms with E-state index in [0.29, 0.717) is 12.2 Å². The van der Waals surface area contributed by atoms with E-state index in [1.807, 2.05) is 24.3 Å². The second-order valence-corrected chi connectivity index (χ2v) is 4.19. The van der Waals surface area contributed by atoms with E-state index in [2.05, 4.69) is 31.1 Å². The van der Waals surface area contributed by atoms with Gasteiger partial charge in [0.05, 0.1) is 0 Å². The van der Waals surface area contributed by atoms with Crippen molar-refractivity contribution in [3.05, 3.63) is 46.0 Å². The van der Waals surface area contributed by atoms with Crippen LogP contribution < -0.4 is 5.73 Å². The molecule has 3 N–H and O–H groups in total. The average molecular weight is 281 g/mol. The van der Waals surface area contributed by atoms with Gasteiger partial charge in [-0.05, 0) is 17.7 Å². The molecule has 0 saturated carbocycles. The monoisotopic (exact) mass is 280 g/mol. The van der Waals surface area contributed by atoms with Crippen molar-refractivity contribution in [2.75, 3.05) is 0 Å². The number of nitrogens with one attached hydrogen (secondary N) is 1. The number of hydrogen-bond donors (Lipinski definition) is 2. The summed E-state index contributed by atoms with van der Waals surface area (Å²) in [5, 5.41) is 6.39. The Kier molecular flexibility index (Phi) is 3.00. The highest BCUT2D eigenvalue weighted by Gasteiger charge is 2.08. The molecule has 0 unspecified atom stereocenters. The molecule has 0 radical (unpaired) electrons. The summed E-state index contributed by atoms with van der Waals surface area (Å²) in [4.78, 5) is 14.8. The lowest BCUT2D eigenvalue weighted by molar-refractivity contribution is 0.0991. The Morgan fingerprint density at radius 2 is 2.06 bits per heavy atom. The molecule has 0 aliphatic heterocycles. The third-order valence-electron chi connectivity index (χ3n) is 2.04. The third-order valence-corrected chi connectivity index (χ3v) is 2.57. The predicted molar refractivity (Wildman–Crippen MR) is 61.8 cm³/mol. The lowest BCUT2D eigenvalue weighted by Gasteiger charge is -1.97. The van der Waals surface area contributed by atoms with Crippen LogP contribution in [0.25, 0.3) is 0 Å². The number of aromatic amines is 1. The summed E-state index contributed by atoms with van der Waals surface area (Å²) < 4.78 is 1.02. The van der Waals surface area contributed by atoms with E-state index >= 15 is 0 Å². The largest absolute Gasteiger partial charge is 0.363 e. The fraction of sp³-hybridized carbons (Fsp3) is 0.100. The topological polar surface area (TPSA) is 84.7 Å². The number of H-pyrrole nitrogens is 1. The number of carbonyl (C=O) groups is 1. The van der Waals surface area contributed by atoms with Crippen molar-refractivity contribution >= 4 is 21.8 Å². The standard InChI is InChI=1S/C10H9BrN4O/c11-7-3-1-6(2-4-7)5-8-13-10(9(12)16)15-14-8/h1-4H,5H2,(H2,12,16)(H,13,14,15). The molecule has 1 aromatic heterocycles. The van der Waals surface area contributed by atoms with Crippen LogP contribution in [0.2, 0.25) is 0 Å². The molecule has 1 amide bonds. The van der Waals surface area contributed by atoms with Gasteiger partial charge >= 0.3 is 0 Å². The van der Waals surface area contributed by atoms with Gasteiger partial charge in [0, 0.05) is 10.9 Å². The van der Waals surface area contributed by atoms with Gasteiger partial charge in [0.2, 0.25) is 5.82 Å². The number of nitrogens with two attached hydrogens (primary N) is 1. The maximum atomic E-state index is 10.8. The van der Waals surface area contributed by atoms with Crippen LogP contribution in [0.5, 0.6) is 0 Å². The van der Waals surface area contributed by atoms with Gasteiger partial charge in [0.15, 0.2) is 0 Å². The molecule has 16 heavy (non-hydrogen) atoms. The highest BCUT2D eigenvalue weighted by Crippen LogP contribution is 2.12. The molecule has 0 spiro atoms. The van der Waals surface area contributed by atoms with E-state index in [1.54, 1.807) is 0 Å². The number of benzene rings is 1. The van der Waals surface area contributed by atoms with Crippen molar-refractivity contribution in [3.8, 4) is 0 Å². The molecule has 5 nitrogen and oxygen atoms in total. The van der Waals surface area contributed by atoms with Crippen molar-refractivity contribution < 1.29 is 4.79 Å². The van der Waals surface area contributed by atoms with Crippen LogP contribution in [-0.4, -0.2) is 21.1 Å². The van der Waals surface area contributed by atoms with Crippen molar-refractivity contribution in [1.29, 1.82) is 0 Å². The van der Waals surface area contributed by atoms with Gasteiger partial charge < -0.3 is 5.73 Å². The maximum Gasteiger partial charge on any atom is 0.288 e. The minimum atomic E-state index is -0.627. The fourth-order valence-electron chi connectivity index (χ4n) is 1.28. The van der Waals surface area contributed by atoms with Gasteiger partial charge in [0.1, 0.15) is 5.82 Å². The Bertz CT molecular complexity index is 506. The molecule has 0 aliphatic rings. The van der Waals surface area contributed by atoms with Crippen LogP contribution in [0.4, 0.5) is 0 Å². The average Bonchev–Trinajstić information content (AvgIpc) is 2.70. The quantitative estimate of drug-likeness (QED) is 0.888. The summed E-state index contributed by atoms with van der Waals surface area (Å²) >= 11 is 3.36. The Hall–Kier alpha value is -1.69. The zero-order valence-electron chi connectivity index (χ0n) is 8.27. The van der Waals surface area contributed by atoms with Crippen molar-refractivity contribution in [2.24, 2.45) is 5.73 Å². The summed E-state index contributed by atoms with van der Waals surface area (Å²) in [6, 6.07) is 7.83. The van der Waals surface area contributed by atoms with Crippen molar-refractivity contribution in [1.82, 2.24) is 15.2 Å². The number of amides is 1. The third kappa shape index (κ3) is 2.46. The Morgan fingerprint density at radius 1 is 1.38 bits per heavy atom. The highest BCUT2D eigenvalue weighted by atomic mass is 79.9. The van der Waals surface area contributed by atoms with E-state index in [0.717, 1.165) is 10.0 Å². The highest BCUT2D eigenvalue weighted by molar-refractivity contribution is 9.10. The van der Waals surface area contributed by atoms with E-state index in [9.17, 15) is 4.79 Å². The molecule has 0 aliphatic carbocycles. The SMILES string of the molecule is NC(=O)c1n[nH]c(Cc2ccc(Br)cc2)n1. The fourth-order valence-corrected chi connectivity index (χ4v) is 1.54. The van der Waals surface area contributed by atoms with Gasteiger partial charge in [0.25, 0.3) is 5.91 Å². The molecule has 0 fully saturated rings. The van der Waals surface area contributed by atoms with Crippen LogP contribution in [0, 0.1) is 0 Å². The van der Waals surface area contributed by atoms with Gasteiger partial charge in [-0.1, -0.05) is 28.1 Å². The van der Waals surface area contributed by atoms with Crippen LogP contribution in [0.3, 0.4) is 0 Å². The van der Waals surface area contributed by atoms with Crippen LogP contribution in [0.1, 0.15) is 22.0 Å². The Balaban J connectivity index is 2.14. The van der Waals surface area contributed by atoms with Crippen LogP contribution in [-0.2, 0) is 6.42 Å². The zero-order valence-corrected chi connectivity index (χ0v) is 9.86. The van der Waals surface area contributed by atoms with E-state index < -0.39 is 5.91 Å². The van der Waals surface area contributed by atoms with Crippen LogP contribution in [0.15, 0.2) is 28.7 Å². The van der Waals surface area contributed by atoms with E-state index in [4.69, 9.17) is 5.73 Å². The van der Waals surface area contributed by atoms with Gasteiger partial charge in [-0.3, -0.25) is 9.89 Å². The minimum Gasteiger partial charge on any atom is -0.363 e. The van der Waals surface area contributed by atoms with E-state index in [-0.39, 0.29) is 5.82 Å². The first kappa shape index (κ1) is 10.8. The summed E-state index contributed by atoms with van der Waals surface area (Å²) in [7, 11) is 0. The maximum absolute atomic E-state index is 10.8. The summed E-state index contributed by atoms with van der Waals surface area (Å²) in [6.45, 7) is 0. The number of rotatable bonds is 3. The van der Waals surface area contributed by atoms with Crippen molar-refractivity contribution in [2.45, 2.75) is 6.42 Å². The van der Waals surface area contributed by atoms with Gasteiger partial charge in [-0.2, -0.15) is 0 Å². The molecular weight excluding hydrogens is 272 g/mol. The molecule has 82 valence electrons. The summed E-state index contributed by atoms with van der Waals surface area (Å²) in [5.41, 5.74) is 6.13. The molecule has 6 heteroatoms. The molecule has 1 heterocycles. The minimum absolute atomic E-state index is 0.0205. The molecular formula is C10H9BrN4O. The Labute approximate surface area is 100 Å². The summed E-state index contributed by atoms with van der Waals surface area (Å²) in [6.07, 6.45) is 0.591. The number of hydrogen-bond acceptors (Lipinski definition) is 3. The van der Waals surface area contributed by atoms with Gasteiger partial charge in [-0.15, -0.1) is 5.10 Å². The molecule has 0 atom stereocenters. The van der Waals surface area contributed by atoms with Gasteiger partial charge in [-0.25, -0.2) is 4.98 Å². The second kappa shape index (κ2) is 4.44. The lowest BCUT2D eigenvalue weighted by Crippen LogP contribution is -2.12. The molecule has 0 bridgehead atoms. The number of carbonyl (C=O) groups excluding carboxylic acids is 1. The van der Waals surface area contributed by atoms with Crippen molar-refractivity contribution in [3.63, 3.8) is 0 Å². The molecule has 1 aromatic carbocycles. The number of primary amides is 1. The zero-order chi connectivity index (χ0) is 11.5. The smallest absolute Gasteiger partial charge is 0.288 e. The first-order valence-corrected chi connectivity index (χ1v) is 5.40. The predicted octanol–water partition coefficient (Wildman–Crippen LogP) is 1.26. The summed E-state index contributed by atoms with van der Waals surface area (Å²) in [5.74, 6) is 0.0153. The number of nitrogens with zero attached hydrogens (tertiary/aromatic N) is 2. The lowest BCUT2D eigenvalue weighted by atomic mass is 10.1. The van der Waals surface area contributed by atoms with Crippen LogP contribution >= 0.6 is 15.9 Å². The number of aromatic nitrogens is 3. The van der Waals surface area contributed by atoms with E-state index in [1.165, 1.54) is 0 Å². The first-order valence-electron chi connectivity index (χ1n) is 4.60. The molecule has 0 saturated heterocycles. The second-order valence-electron chi connectivity index (χ2n) is 3.27. The normalized spacial score (nSPS) is 10.3.